The lowest BCUT2D eigenvalue weighted by Gasteiger charge is -2.06. The smallest absolute Gasteiger partial charge is 0.335 e. The second-order valence-corrected chi connectivity index (χ2v) is 4.21. The molecule has 22 heavy (non-hydrogen) atoms. The van der Waals surface area contributed by atoms with E-state index in [4.69, 9.17) is 0 Å². The van der Waals surface area contributed by atoms with Crippen molar-refractivity contribution < 1.29 is 27.8 Å². The van der Waals surface area contributed by atoms with Crippen LogP contribution in [0.25, 0.3) is 5.57 Å². The van der Waals surface area contributed by atoms with E-state index >= 15 is 0 Å². The number of esters is 1. The molecule has 1 rings (SSSR count). The minimum atomic E-state index is -0.819. The average Bonchev–Trinajstić information content (AvgIpc) is 2.47. The highest BCUT2D eigenvalue weighted by Crippen LogP contribution is 2.24. The molecule has 116 valence electrons. The first-order valence-electron chi connectivity index (χ1n) is 6.18. The Morgan fingerprint density at radius 3 is 2.55 bits per heavy atom. The van der Waals surface area contributed by atoms with Crippen LogP contribution >= 0.6 is 0 Å². The number of allylic oxidation sites excluding steroid dienone is 4. The molecule has 0 aromatic heterocycles. The van der Waals surface area contributed by atoms with E-state index in [0.717, 1.165) is 18.2 Å². The van der Waals surface area contributed by atoms with E-state index in [-0.39, 0.29) is 29.1 Å². The van der Waals surface area contributed by atoms with Gasteiger partial charge in [-0.1, -0.05) is 6.58 Å². The SMILES string of the molecule is C=CC(=O)O/C(C)=C(F)/C=C(\C)c1ccc(OC=O)cc1F. The van der Waals surface area contributed by atoms with Gasteiger partial charge in [0, 0.05) is 17.7 Å². The lowest BCUT2D eigenvalue weighted by atomic mass is 10.1. The maximum atomic E-state index is 13.9. The van der Waals surface area contributed by atoms with Gasteiger partial charge >= 0.3 is 5.97 Å². The van der Waals surface area contributed by atoms with E-state index in [0.29, 0.717) is 0 Å². The fourth-order valence-corrected chi connectivity index (χ4v) is 1.56. The lowest BCUT2D eigenvalue weighted by molar-refractivity contribution is -0.133. The third kappa shape index (κ3) is 4.66. The van der Waals surface area contributed by atoms with E-state index in [1.165, 1.54) is 26.0 Å². The van der Waals surface area contributed by atoms with Gasteiger partial charge in [0.1, 0.15) is 17.3 Å². The number of ether oxygens (including phenoxy) is 2. The molecule has 6 heteroatoms. The number of carbonyl (C=O) groups excluding carboxylic acids is 2. The molecule has 0 atom stereocenters. The van der Waals surface area contributed by atoms with Crippen molar-refractivity contribution in [1.82, 2.24) is 0 Å². The Bertz CT molecular complexity index is 660. The summed E-state index contributed by atoms with van der Waals surface area (Å²) in [4.78, 5) is 21.1. The van der Waals surface area contributed by atoms with E-state index in [2.05, 4.69) is 16.1 Å². The van der Waals surface area contributed by atoms with Gasteiger partial charge in [0.2, 0.25) is 0 Å². The van der Waals surface area contributed by atoms with Gasteiger partial charge in [-0.25, -0.2) is 13.6 Å². The molecule has 0 N–H and O–H groups in total. The molecule has 0 saturated heterocycles. The van der Waals surface area contributed by atoms with Crippen molar-refractivity contribution in [2.75, 3.05) is 0 Å². The summed E-state index contributed by atoms with van der Waals surface area (Å²) in [6.45, 7) is 6.12. The van der Waals surface area contributed by atoms with Crippen molar-refractivity contribution in [3.63, 3.8) is 0 Å². The van der Waals surface area contributed by atoms with Crippen molar-refractivity contribution in [3.05, 3.63) is 59.9 Å². The maximum absolute atomic E-state index is 13.9. The first-order chi connectivity index (χ1) is 10.4. The number of carbonyl (C=O) groups is 2. The molecule has 0 spiro atoms. The Balaban J connectivity index is 3.06. The number of halogens is 2. The second-order valence-electron chi connectivity index (χ2n) is 4.21. The van der Waals surface area contributed by atoms with Crippen LogP contribution in [-0.4, -0.2) is 12.4 Å². The zero-order valence-corrected chi connectivity index (χ0v) is 12.1. The van der Waals surface area contributed by atoms with Crippen LogP contribution in [-0.2, 0) is 14.3 Å². The van der Waals surface area contributed by atoms with Crippen molar-refractivity contribution in [3.8, 4) is 5.75 Å². The maximum Gasteiger partial charge on any atom is 0.335 e. The molecule has 0 aliphatic rings. The molecular formula is C16H14F2O4. The van der Waals surface area contributed by atoms with Crippen molar-refractivity contribution >= 4 is 18.0 Å². The molecule has 0 saturated carbocycles. The molecule has 1 aromatic carbocycles. The fourth-order valence-electron chi connectivity index (χ4n) is 1.56. The Hall–Kier alpha value is -2.76. The van der Waals surface area contributed by atoms with Gasteiger partial charge in [-0.3, -0.25) is 4.79 Å². The first kappa shape index (κ1) is 17.3. The topological polar surface area (TPSA) is 52.6 Å². The van der Waals surface area contributed by atoms with Gasteiger partial charge in [0.15, 0.2) is 5.83 Å². The van der Waals surface area contributed by atoms with Gasteiger partial charge in [0.25, 0.3) is 6.47 Å². The summed E-state index contributed by atoms with van der Waals surface area (Å²) in [5.74, 6) is -2.51. The van der Waals surface area contributed by atoms with Crippen LogP contribution in [0, 0.1) is 5.82 Å². The lowest BCUT2D eigenvalue weighted by Crippen LogP contribution is -1.99. The molecule has 0 amide bonds. The standard InChI is InChI=1S/C16H14F2O4/c1-4-16(20)22-11(3)14(17)7-10(2)13-6-5-12(21-9-19)8-15(13)18/h4-9H,1H2,2-3H3/b10-7+,14-11-. The van der Waals surface area contributed by atoms with E-state index in [9.17, 15) is 18.4 Å². The summed E-state index contributed by atoms with van der Waals surface area (Å²) in [6.07, 6.45) is 1.93. The van der Waals surface area contributed by atoms with Gasteiger partial charge < -0.3 is 9.47 Å². The van der Waals surface area contributed by atoms with Crippen LogP contribution in [0.3, 0.4) is 0 Å². The van der Waals surface area contributed by atoms with Gasteiger partial charge in [-0.2, -0.15) is 0 Å². The Kier molecular flexibility index (Phi) is 6.19. The summed E-state index contributed by atoms with van der Waals surface area (Å²) < 4.78 is 36.9. The molecule has 4 nitrogen and oxygen atoms in total. The molecular weight excluding hydrogens is 294 g/mol. The largest absolute Gasteiger partial charge is 0.429 e. The van der Waals surface area contributed by atoms with Crippen molar-refractivity contribution in [1.29, 1.82) is 0 Å². The predicted molar refractivity (Wildman–Crippen MR) is 76.8 cm³/mol. The van der Waals surface area contributed by atoms with Crippen LogP contribution in [0.15, 0.2) is 48.5 Å². The fraction of sp³-hybridized carbons (Fsp3) is 0.125. The molecule has 0 fully saturated rings. The van der Waals surface area contributed by atoms with E-state index < -0.39 is 17.6 Å². The summed E-state index contributed by atoms with van der Waals surface area (Å²) in [5.41, 5.74) is 0.387. The van der Waals surface area contributed by atoms with Gasteiger partial charge in [0.05, 0.1) is 0 Å². The predicted octanol–water partition coefficient (Wildman–Crippen LogP) is 3.69. The van der Waals surface area contributed by atoms with Crippen LogP contribution in [0.5, 0.6) is 5.75 Å². The summed E-state index contributed by atoms with van der Waals surface area (Å²) in [5, 5.41) is 0. The van der Waals surface area contributed by atoms with Crippen molar-refractivity contribution in [2.45, 2.75) is 13.8 Å². The molecule has 0 unspecified atom stereocenters. The van der Waals surface area contributed by atoms with Crippen LogP contribution in [0.1, 0.15) is 19.4 Å². The average molecular weight is 308 g/mol. The minimum absolute atomic E-state index is 0.0381. The highest BCUT2D eigenvalue weighted by Gasteiger charge is 2.09. The third-order valence-electron chi connectivity index (χ3n) is 2.65. The second kappa shape index (κ2) is 7.87. The zero-order chi connectivity index (χ0) is 16.7. The summed E-state index contributed by atoms with van der Waals surface area (Å²) >= 11 is 0. The normalized spacial score (nSPS) is 12.3. The highest BCUT2D eigenvalue weighted by molar-refractivity contribution is 5.82. The van der Waals surface area contributed by atoms with Crippen LogP contribution in [0.4, 0.5) is 8.78 Å². The Morgan fingerprint density at radius 1 is 1.32 bits per heavy atom. The summed E-state index contributed by atoms with van der Waals surface area (Å²) in [7, 11) is 0. The molecule has 0 aliphatic heterocycles. The minimum Gasteiger partial charge on any atom is -0.429 e. The zero-order valence-electron chi connectivity index (χ0n) is 12.1. The Morgan fingerprint density at radius 2 is 2.00 bits per heavy atom. The quantitative estimate of drug-likeness (QED) is 0.264. The van der Waals surface area contributed by atoms with Crippen LogP contribution < -0.4 is 4.74 Å². The highest BCUT2D eigenvalue weighted by atomic mass is 19.1. The van der Waals surface area contributed by atoms with Crippen LogP contribution in [0.2, 0.25) is 0 Å². The molecule has 0 radical (unpaired) electrons. The van der Waals surface area contributed by atoms with Gasteiger partial charge in [-0.05, 0) is 37.6 Å². The first-order valence-corrected chi connectivity index (χ1v) is 6.18. The number of rotatable bonds is 6. The number of hydrogen-bond donors (Lipinski definition) is 0. The van der Waals surface area contributed by atoms with Gasteiger partial charge in [-0.15, -0.1) is 0 Å². The molecule has 1 aromatic rings. The number of hydrogen-bond acceptors (Lipinski definition) is 4. The Labute approximate surface area is 126 Å². The van der Waals surface area contributed by atoms with E-state index in [1.54, 1.807) is 0 Å². The summed E-state index contributed by atoms with van der Waals surface area (Å²) in [6, 6.07) is 3.72. The monoisotopic (exact) mass is 308 g/mol. The van der Waals surface area contributed by atoms with E-state index in [1.807, 2.05) is 0 Å². The molecule has 0 bridgehead atoms. The third-order valence-corrected chi connectivity index (χ3v) is 2.65. The molecule has 0 heterocycles. The number of benzene rings is 1. The van der Waals surface area contributed by atoms with Crippen molar-refractivity contribution in [2.24, 2.45) is 0 Å². The molecule has 0 aliphatic carbocycles.